The molecule has 0 atom stereocenters. The highest BCUT2D eigenvalue weighted by atomic mass is 19.3. The fourth-order valence-electron chi connectivity index (χ4n) is 2.93. The van der Waals surface area contributed by atoms with Crippen molar-refractivity contribution in [3.8, 4) is 11.5 Å². The Balaban J connectivity index is 1.73. The van der Waals surface area contributed by atoms with Crippen LogP contribution < -0.4 is 20.1 Å². The number of benzene rings is 1. The molecular weight excluding hydrogens is 414 g/mol. The van der Waals surface area contributed by atoms with Crippen LogP contribution in [0.4, 0.5) is 24.1 Å². The monoisotopic (exact) mass is 444 g/mol. The first-order chi connectivity index (χ1) is 14.6. The van der Waals surface area contributed by atoms with Gasteiger partial charge in [0.05, 0.1) is 7.11 Å². The van der Waals surface area contributed by atoms with Gasteiger partial charge in [-0.2, -0.15) is 8.78 Å². The number of alkyl halides is 2. The third-order valence-electron chi connectivity index (χ3n) is 4.38. The normalized spacial score (nSPS) is 14.9. The molecule has 1 aromatic carbocycles. The predicted molar refractivity (Wildman–Crippen MR) is 111 cm³/mol. The molecule has 31 heavy (non-hydrogen) atoms. The summed E-state index contributed by atoms with van der Waals surface area (Å²) in [4.78, 5) is 28.0. The maximum absolute atomic E-state index is 12.5. The van der Waals surface area contributed by atoms with E-state index in [0.29, 0.717) is 45.0 Å². The summed E-state index contributed by atoms with van der Waals surface area (Å²) >= 11 is 0. The number of carbonyl (C=O) groups excluding carboxylic acids is 2. The smallest absolute Gasteiger partial charge is 0.410 e. The molecule has 174 valence electrons. The Kier molecular flexibility index (Phi) is 8.66. The number of ether oxygens (including phenoxy) is 3. The van der Waals surface area contributed by atoms with E-state index in [1.54, 1.807) is 4.90 Å². The lowest BCUT2D eigenvalue weighted by molar-refractivity contribution is -0.0511. The zero-order valence-corrected chi connectivity index (χ0v) is 18.2. The van der Waals surface area contributed by atoms with E-state index in [-0.39, 0.29) is 17.6 Å². The van der Waals surface area contributed by atoms with Gasteiger partial charge in [-0.25, -0.2) is 9.59 Å². The number of nitrogens with zero attached hydrogens (tertiary/aromatic N) is 2. The van der Waals surface area contributed by atoms with Gasteiger partial charge in [0, 0.05) is 51.0 Å². The zero-order chi connectivity index (χ0) is 23.0. The number of amides is 3. The molecule has 3 amide bonds. The van der Waals surface area contributed by atoms with Crippen LogP contribution in [-0.4, -0.2) is 80.5 Å². The maximum Gasteiger partial charge on any atom is 0.410 e. The van der Waals surface area contributed by atoms with E-state index in [1.165, 1.54) is 25.3 Å². The van der Waals surface area contributed by atoms with Crippen LogP contribution in [0.2, 0.25) is 0 Å². The van der Waals surface area contributed by atoms with Gasteiger partial charge in [-0.05, 0) is 32.9 Å². The zero-order valence-electron chi connectivity index (χ0n) is 18.2. The summed E-state index contributed by atoms with van der Waals surface area (Å²) in [5, 5.41) is 5.29. The molecule has 1 saturated heterocycles. The first-order valence-electron chi connectivity index (χ1n) is 9.95. The molecule has 0 radical (unpaired) electrons. The van der Waals surface area contributed by atoms with Gasteiger partial charge in [-0.15, -0.1) is 0 Å². The molecule has 1 aliphatic rings. The lowest BCUT2D eigenvalue weighted by atomic mass is 10.2. The fourth-order valence-corrected chi connectivity index (χ4v) is 2.93. The number of rotatable bonds is 7. The molecule has 0 bridgehead atoms. The SMILES string of the molecule is COc1ccc(NC(=O)NCCN2CCN(C(=O)OC(C)(C)C)CC2)cc1OC(F)F. The largest absolute Gasteiger partial charge is 0.493 e. The maximum atomic E-state index is 12.5. The van der Waals surface area contributed by atoms with Crippen molar-refractivity contribution in [2.75, 3.05) is 51.7 Å². The second kappa shape index (κ2) is 11.0. The number of carbonyl (C=O) groups is 2. The number of hydrogen-bond donors (Lipinski definition) is 2. The number of halogens is 2. The Hall–Kier alpha value is -2.82. The van der Waals surface area contributed by atoms with Crippen LogP contribution in [0.15, 0.2) is 18.2 Å². The fraction of sp³-hybridized carbons (Fsp3) is 0.600. The van der Waals surface area contributed by atoms with Gasteiger partial charge < -0.3 is 29.7 Å². The summed E-state index contributed by atoms with van der Waals surface area (Å²) < 4.78 is 39.7. The van der Waals surface area contributed by atoms with Crippen molar-refractivity contribution in [2.24, 2.45) is 0 Å². The molecule has 1 heterocycles. The third-order valence-corrected chi connectivity index (χ3v) is 4.38. The molecule has 1 aromatic rings. The summed E-state index contributed by atoms with van der Waals surface area (Å²) in [6.07, 6.45) is -0.320. The summed E-state index contributed by atoms with van der Waals surface area (Å²) in [7, 11) is 1.33. The number of piperazine rings is 1. The second-order valence-corrected chi connectivity index (χ2v) is 7.93. The van der Waals surface area contributed by atoms with Gasteiger partial charge in [-0.3, -0.25) is 4.90 Å². The average molecular weight is 444 g/mol. The van der Waals surface area contributed by atoms with E-state index in [4.69, 9.17) is 9.47 Å². The number of urea groups is 1. The first-order valence-corrected chi connectivity index (χ1v) is 9.95. The van der Waals surface area contributed by atoms with Crippen LogP contribution in [0.1, 0.15) is 20.8 Å². The van der Waals surface area contributed by atoms with Gasteiger partial charge >= 0.3 is 18.7 Å². The summed E-state index contributed by atoms with van der Waals surface area (Å²) in [5.41, 5.74) is -0.234. The molecule has 0 saturated carbocycles. The van der Waals surface area contributed by atoms with Gasteiger partial charge in [-0.1, -0.05) is 0 Å². The van der Waals surface area contributed by atoms with Crippen molar-refractivity contribution in [2.45, 2.75) is 33.0 Å². The molecule has 2 N–H and O–H groups in total. The van der Waals surface area contributed by atoms with Crippen LogP contribution in [0.3, 0.4) is 0 Å². The average Bonchev–Trinajstić information content (AvgIpc) is 2.67. The van der Waals surface area contributed by atoms with Gasteiger partial charge in [0.15, 0.2) is 11.5 Å². The minimum atomic E-state index is -3.01. The number of hydrogen-bond acceptors (Lipinski definition) is 6. The van der Waals surface area contributed by atoms with E-state index in [9.17, 15) is 18.4 Å². The minimum absolute atomic E-state index is 0.136. The molecule has 1 fully saturated rings. The van der Waals surface area contributed by atoms with Crippen molar-refractivity contribution in [3.05, 3.63) is 18.2 Å². The number of nitrogens with one attached hydrogen (secondary N) is 2. The quantitative estimate of drug-likeness (QED) is 0.672. The topological polar surface area (TPSA) is 92.4 Å². The Labute approximate surface area is 180 Å². The van der Waals surface area contributed by atoms with Crippen molar-refractivity contribution in [3.63, 3.8) is 0 Å². The molecule has 0 aromatic heterocycles. The molecule has 11 heteroatoms. The summed E-state index contributed by atoms with van der Waals surface area (Å²) in [5.74, 6) is -0.0325. The van der Waals surface area contributed by atoms with Gasteiger partial charge in [0.1, 0.15) is 5.60 Å². The summed E-state index contributed by atoms with van der Waals surface area (Å²) in [6, 6.07) is 3.74. The van der Waals surface area contributed by atoms with Crippen molar-refractivity contribution in [1.29, 1.82) is 0 Å². The van der Waals surface area contributed by atoms with Crippen LogP contribution in [0.25, 0.3) is 0 Å². The molecule has 9 nitrogen and oxygen atoms in total. The summed E-state index contributed by atoms with van der Waals surface area (Å²) in [6.45, 7) is 5.94. The Morgan fingerprint density at radius 2 is 1.81 bits per heavy atom. The number of methoxy groups -OCH3 is 1. The lowest BCUT2D eigenvalue weighted by Gasteiger charge is -2.35. The van der Waals surface area contributed by atoms with Crippen LogP contribution >= 0.6 is 0 Å². The molecule has 0 unspecified atom stereocenters. The lowest BCUT2D eigenvalue weighted by Crippen LogP contribution is -2.51. The van der Waals surface area contributed by atoms with Gasteiger partial charge in [0.2, 0.25) is 0 Å². The van der Waals surface area contributed by atoms with Crippen molar-refractivity contribution in [1.82, 2.24) is 15.1 Å². The standard InChI is InChI=1S/C20H30F2N4O5/c1-20(2,3)31-19(28)26-11-9-25(10-12-26)8-7-23-18(27)24-14-5-6-15(29-4)16(13-14)30-17(21)22/h5-6,13,17H,7-12H2,1-4H3,(H2,23,24,27). The van der Waals surface area contributed by atoms with E-state index < -0.39 is 18.2 Å². The molecule has 2 rings (SSSR count). The van der Waals surface area contributed by atoms with Gasteiger partial charge in [0.25, 0.3) is 0 Å². The van der Waals surface area contributed by atoms with Crippen molar-refractivity contribution >= 4 is 17.8 Å². The van der Waals surface area contributed by atoms with Crippen LogP contribution in [-0.2, 0) is 4.74 Å². The highest BCUT2D eigenvalue weighted by molar-refractivity contribution is 5.89. The third kappa shape index (κ3) is 8.44. The Morgan fingerprint density at radius 3 is 2.39 bits per heavy atom. The molecule has 0 spiro atoms. The molecular formula is C20H30F2N4O5. The van der Waals surface area contributed by atoms with Crippen LogP contribution in [0, 0.1) is 0 Å². The van der Waals surface area contributed by atoms with E-state index >= 15 is 0 Å². The molecule has 1 aliphatic heterocycles. The van der Waals surface area contributed by atoms with Crippen LogP contribution in [0.5, 0.6) is 11.5 Å². The van der Waals surface area contributed by atoms with Crippen molar-refractivity contribution < 1.29 is 32.6 Å². The molecule has 0 aliphatic carbocycles. The second-order valence-electron chi connectivity index (χ2n) is 7.93. The highest BCUT2D eigenvalue weighted by Crippen LogP contribution is 2.31. The van der Waals surface area contributed by atoms with E-state index in [0.717, 1.165) is 0 Å². The Bertz CT molecular complexity index is 750. The van der Waals surface area contributed by atoms with E-state index in [1.807, 2.05) is 20.8 Å². The minimum Gasteiger partial charge on any atom is -0.493 e. The van der Waals surface area contributed by atoms with E-state index in [2.05, 4.69) is 20.3 Å². The first kappa shape index (κ1) is 24.4. The predicted octanol–water partition coefficient (Wildman–Crippen LogP) is 2.97. The number of anilines is 1. The highest BCUT2D eigenvalue weighted by Gasteiger charge is 2.25. The Morgan fingerprint density at radius 1 is 1.13 bits per heavy atom.